The molecule has 2 aromatic rings. The molecule has 28 heavy (non-hydrogen) atoms. The molecule has 1 aromatic carbocycles. The van der Waals surface area contributed by atoms with Gasteiger partial charge in [0.05, 0.1) is 5.57 Å². The van der Waals surface area contributed by atoms with Crippen molar-refractivity contribution >= 4 is 66.8 Å². The van der Waals surface area contributed by atoms with Gasteiger partial charge in [-0.25, -0.2) is 0 Å². The summed E-state index contributed by atoms with van der Waals surface area (Å²) in [6.07, 6.45) is 3.64. The molecule has 2 aliphatic rings. The molecule has 0 atom stereocenters. The molecule has 1 N–H and O–H groups in total. The second kappa shape index (κ2) is 7.38. The number of aryl methyl sites for hydroxylation is 1. The van der Waals surface area contributed by atoms with E-state index in [9.17, 15) is 4.79 Å². The number of amidine groups is 2. The number of benzene rings is 1. The van der Waals surface area contributed by atoms with E-state index in [0.29, 0.717) is 5.17 Å². The minimum Gasteiger partial charge on any atom is -0.318 e. The van der Waals surface area contributed by atoms with Crippen LogP contribution in [-0.4, -0.2) is 37.1 Å². The standard InChI is InChI=1S/C19H16BrN5OS2/c1-10-7-12(11(2)24(10)14-6-4-5-13(20)9-14)8-15-16(21)25-18(22-17(15)26)28-19(23-25)27-3/h4-9,21H,1-3H3/b15-8+,21-16?. The van der Waals surface area contributed by atoms with Crippen LogP contribution in [0.4, 0.5) is 0 Å². The molecule has 0 saturated carbocycles. The lowest BCUT2D eigenvalue weighted by molar-refractivity contribution is -0.114. The zero-order chi connectivity index (χ0) is 20.0. The highest BCUT2D eigenvalue weighted by Crippen LogP contribution is 2.32. The number of amides is 1. The maximum Gasteiger partial charge on any atom is 0.283 e. The summed E-state index contributed by atoms with van der Waals surface area (Å²) in [5.74, 6) is -0.354. The van der Waals surface area contributed by atoms with Gasteiger partial charge in [0, 0.05) is 21.5 Å². The minimum absolute atomic E-state index is 0.0545. The lowest BCUT2D eigenvalue weighted by atomic mass is 10.1. The van der Waals surface area contributed by atoms with Crippen LogP contribution in [0.25, 0.3) is 11.8 Å². The summed E-state index contributed by atoms with van der Waals surface area (Å²) >= 11 is 6.29. The molecule has 1 amide bonds. The Morgan fingerprint density at radius 3 is 2.79 bits per heavy atom. The van der Waals surface area contributed by atoms with E-state index < -0.39 is 5.91 Å². The number of thioether (sulfide) groups is 2. The van der Waals surface area contributed by atoms with Crippen LogP contribution in [0.2, 0.25) is 0 Å². The van der Waals surface area contributed by atoms with Gasteiger partial charge >= 0.3 is 0 Å². The number of halogens is 1. The Labute approximate surface area is 179 Å². The maximum atomic E-state index is 12.6. The van der Waals surface area contributed by atoms with Crippen molar-refractivity contribution in [1.29, 1.82) is 5.41 Å². The molecule has 3 heterocycles. The molecule has 6 nitrogen and oxygen atoms in total. The Hall–Kier alpha value is -2.10. The van der Waals surface area contributed by atoms with Crippen molar-refractivity contribution in [2.75, 3.05) is 6.26 Å². The highest BCUT2D eigenvalue weighted by atomic mass is 79.9. The van der Waals surface area contributed by atoms with Gasteiger partial charge < -0.3 is 4.57 Å². The zero-order valence-electron chi connectivity index (χ0n) is 15.4. The van der Waals surface area contributed by atoms with Crippen LogP contribution < -0.4 is 0 Å². The normalized spacial score (nSPS) is 17.9. The number of aromatic nitrogens is 1. The van der Waals surface area contributed by atoms with E-state index in [1.807, 2.05) is 50.4 Å². The van der Waals surface area contributed by atoms with Crippen LogP contribution >= 0.6 is 39.5 Å². The van der Waals surface area contributed by atoms with Gasteiger partial charge in [-0.15, -0.1) is 16.9 Å². The molecule has 0 radical (unpaired) electrons. The number of fused-ring (bicyclic) bond motifs is 1. The topological polar surface area (TPSA) is 73.8 Å². The van der Waals surface area contributed by atoms with Gasteiger partial charge in [0.1, 0.15) is 0 Å². The SMILES string of the molecule is CSC1=NN2C(=N)/C(=C\c3cc(C)n(-c4cccc(Br)c4)c3C)C(=O)N=C2S1. The predicted octanol–water partition coefficient (Wildman–Crippen LogP) is 4.80. The van der Waals surface area contributed by atoms with E-state index in [1.54, 1.807) is 6.08 Å². The molecule has 0 aliphatic carbocycles. The molecule has 4 rings (SSSR count). The molecule has 0 unspecified atom stereocenters. The Morgan fingerprint density at radius 1 is 1.29 bits per heavy atom. The minimum atomic E-state index is -0.409. The predicted molar refractivity (Wildman–Crippen MR) is 121 cm³/mol. The molecule has 0 saturated heterocycles. The monoisotopic (exact) mass is 473 g/mol. The van der Waals surface area contributed by atoms with Crippen LogP contribution in [0.1, 0.15) is 17.0 Å². The summed E-state index contributed by atoms with van der Waals surface area (Å²) in [4.78, 5) is 16.7. The van der Waals surface area contributed by atoms with Crippen LogP contribution in [-0.2, 0) is 4.79 Å². The highest BCUT2D eigenvalue weighted by Gasteiger charge is 2.35. The number of hydrazone groups is 1. The van der Waals surface area contributed by atoms with Gasteiger partial charge in [-0.1, -0.05) is 22.0 Å². The first kappa shape index (κ1) is 19.2. The summed E-state index contributed by atoms with van der Waals surface area (Å²) in [5, 5.41) is 14.7. The number of hydrogen-bond acceptors (Lipinski definition) is 5. The second-order valence-electron chi connectivity index (χ2n) is 6.23. The van der Waals surface area contributed by atoms with Crippen LogP contribution in [0.15, 0.2) is 50.5 Å². The number of aliphatic imine (C=N–C) groups is 1. The van der Waals surface area contributed by atoms with Gasteiger partial charge in [0.25, 0.3) is 5.91 Å². The lowest BCUT2D eigenvalue weighted by Gasteiger charge is -2.20. The Morgan fingerprint density at radius 2 is 2.07 bits per heavy atom. The number of nitrogens with one attached hydrogen (secondary N) is 1. The van der Waals surface area contributed by atoms with Crippen molar-refractivity contribution in [3.8, 4) is 5.69 Å². The first-order valence-electron chi connectivity index (χ1n) is 8.38. The number of carbonyl (C=O) groups excluding carboxylic acids is 1. The number of hydrogen-bond donors (Lipinski definition) is 1. The van der Waals surface area contributed by atoms with E-state index in [0.717, 1.165) is 31.5 Å². The fourth-order valence-corrected chi connectivity index (χ4v) is 4.89. The fourth-order valence-electron chi connectivity index (χ4n) is 3.16. The van der Waals surface area contributed by atoms with E-state index in [-0.39, 0.29) is 11.4 Å². The number of rotatable bonds is 2. The Bertz CT molecular complexity index is 1120. The Kier molecular flexibility index (Phi) is 5.07. The van der Waals surface area contributed by atoms with Gasteiger partial charge in [-0.3, -0.25) is 10.2 Å². The lowest BCUT2D eigenvalue weighted by Crippen LogP contribution is -2.35. The quantitative estimate of drug-likeness (QED) is 0.635. The van der Waals surface area contributed by atoms with Crippen molar-refractivity contribution < 1.29 is 4.79 Å². The van der Waals surface area contributed by atoms with E-state index in [2.05, 4.69) is 30.6 Å². The first-order valence-corrected chi connectivity index (χ1v) is 11.2. The average molecular weight is 474 g/mol. The molecule has 2 aliphatic heterocycles. The molecular formula is C19H16BrN5OS2. The third-order valence-corrected chi connectivity index (χ3v) is 6.82. The zero-order valence-corrected chi connectivity index (χ0v) is 18.6. The van der Waals surface area contributed by atoms with E-state index in [1.165, 1.54) is 28.5 Å². The molecule has 9 heteroatoms. The van der Waals surface area contributed by atoms with E-state index >= 15 is 0 Å². The van der Waals surface area contributed by atoms with Crippen molar-refractivity contribution in [3.63, 3.8) is 0 Å². The highest BCUT2D eigenvalue weighted by molar-refractivity contribution is 9.10. The largest absolute Gasteiger partial charge is 0.318 e. The summed E-state index contributed by atoms with van der Waals surface area (Å²) in [6.45, 7) is 4.02. The summed E-state index contributed by atoms with van der Waals surface area (Å²) in [5.41, 5.74) is 4.18. The van der Waals surface area contributed by atoms with Crippen molar-refractivity contribution in [2.24, 2.45) is 10.1 Å². The van der Waals surface area contributed by atoms with Gasteiger partial charge in [-0.2, -0.15) is 10.0 Å². The third-order valence-electron chi connectivity index (χ3n) is 4.45. The smallest absolute Gasteiger partial charge is 0.283 e. The maximum absolute atomic E-state index is 12.6. The average Bonchev–Trinajstić information content (AvgIpc) is 3.19. The molecule has 0 bridgehead atoms. The molecule has 0 fully saturated rings. The summed E-state index contributed by atoms with van der Waals surface area (Å²) in [6, 6.07) is 10.1. The van der Waals surface area contributed by atoms with Crippen molar-refractivity contribution in [1.82, 2.24) is 9.58 Å². The molecular weight excluding hydrogens is 458 g/mol. The molecule has 1 aromatic heterocycles. The van der Waals surface area contributed by atoms with Gasteiger partial charge in [0.15, 0.2) is 10.2 Å². The summed E-state index contributed by atoms with van der Waals surface area (Å²) < 4.78 is 3.89. The van der Waals surface area contributed by atoms with Crippen LogP contribution in [0.5, 0.6) is 0 Å². The van der Waals surface area contributed by atoms with E-state index in [4.69, 9.17) is 5.41 Å². The van der Waals surface area contributed by atoms with Crippen LogP contribution in [0.3, 0.4) is 0 Å². The van der Waals surface area contributed by atoms with Crippen molar-refractivity contribution in [3.05, 3.63) is 57.3 Å². The number of carbonyl (C=O) groups is 1. The van der Waals surface area contributed by atoms with Crippen LogP contribution in [0, 0.1) is 19.3 Å². The van der Waals surface area contributed by atoms with Crippen molar-refractivity contribution in [2.45, 2.75) is 13.8 Å². The van der Waals surface area contributed by atoms with Gasteiger partial charge in [0.2, 0.25) is 5.17 Å². The molecule has 142 valence electrons. The fraction of sp³-hybridized carbons (Fsp3) is 0.158. The number of nitrogens with zero attached hydrogens (tertiary/aromatic N) is 4. The third kappa shape index (κ3) is 3.27. The van der Waals surface area contributed by atoms with Gasteiger partial charge in [-0.05, 0) is 67.8 Å². The first-order chi connectivity index (χ1) is 13.4. The summed E-state index contributed by atoms with van der Waals surface area (Å²) in [7, 11) is 0. The molecule has 0 spiro atoms. The second-order valence-corrected chi connectivity index (χ2v) is 9.16. The Balaban J connectivity index is 1.76.